The summed E-state index contributed by atoms with van der Waals surface area (Å²) in [5, 5.41) is 3.70. The second-order valence-electron chi connectivity index (χ2n) is 6.01. The lowest BCUT2D eigenvalue weighted by Crippen LogP contribution is -2.39. The molecule has 2 nitrogen and oxygen atoms in total. The summed E-state index contributed by atoms with van der Waals surface area (Å²) in [7, 11) is 0. The molecule has 1 fully saturated rings. The van der Waals surface area contributed by atoms with Gasteiger partial charge in [-0.3, -0.25) is 0 Å². The van der Waals surface area contributed by atoms with Gasteiger partial charge in [0.25, 0.3) is 0 Å². The summed E-state index contributed by atoms with van der Waals surface area (Å²) in [6, 6.07) is 6.68. The molecule has 0 amide bonds. The topological polar surface area (TPSA) is 38.0 Å². The van der Waals surface area contributed by atoms with Crippen molar-refractivity contribution in [2.45, 2.75) is 52.5 Å². The zero-order valence-corrected chi connectivity index (χ0v) is 11.2. The minimum atomic E-state index is 0.384. The smallest absolute Gasteiger partial charge is 0.0392 e. The van der Waals surface area contributed by atoms with Crippen molar-refractivity contribution < 1.29 is 0 Å². The van der Waals surface area contributed by atoms with Gasteiger partial charge in [-0.1, -0.05) is 32.8 Å². The van der Waals surface area contributed by atoms with Crippen molar-refractivity contribution in [3.05, 3.63) is 23.8 Å². The number of nitrogens with two attached hydrogens (primary N) is 1. The van der Waals surface area contributed by atoms with E-state index in [9.17, 15) is 0 Å². The predicted octanol–water partition coefficient (Wildman–Crippen LogP) is 3.96. The fraction of sp³-hybridized carbons (Fsp3) is 0.600. The standard InChI is InChI=1S/C15H24N2/c1-11-7-8-12(16)10-13(11)17-14-6-4-5-9-15(14,2)3/h7-8,10,14,17H,4-6,9,16H2,1-3H3. The van der Waals surface area contributed by atoms with Crippen LogP contribution in [0.5, 0.6) is 0 Å². The molecule has 1 saturated carbocycles. The molecule has 0 bridgehead atoms. The average Bonchev–Trinajstić information content (AvgIpc) is 2.26. The number of anilines is 2. The lowest BCUT2D eigenvalue weighted by Gasteiger charge is -2.40. The first-order valence-electron chi connectivity index (χ1n) is 6.62. The summed E-state index contributed by atoms with van der Waals surface area (Å²) in [5.41, 5.74) is 9.56. The third-order valence-corrected chi connectivity index (χ3v) is 4.10. The van der Waals surface area contributed by atoms with Crippen molar-refractivity contribution >= 4 is 11.4 Å². The molecule has 2 heteroatoms. The van der Waals surface area contributed by atoms with Crippen molar-refractivity contribution in [2.24, 2.45) is 5.41 Å². The van der Waals surface area contributed by atoms with Gasteiger partial charge >= 0.3 is 0 Å². The third kappa shape index (κ3) is 2.74. The zero-order chi connectivity index (χ0) is 12.5. The van der Waals surface area contributed by atoms with Crippen LogP contribution in [-0.2, 0) is 0 Å². The third-order valence-electron chi connectivity index (χ3n) is 4.10. The second kappa shape index (κ2) is 4.59. The van der Waals surface area contributed by atoms with Crippen LogP contribution in [0.25, 0.3) is 0 Å². The Morgan fingerprint density at radius 3 is 2.76 bits per heavy atom. The van der Waals surface area contributed by atoms with Crippen LogP contribution in [0.2, 0.25) is 0 Å². The lowest BCUT2D eigenvalue weighted by atomic mass is 9.73. The van der Waals surface area contributed by atoms with E-state index in [1.54, 1.807) is 0 Å². The molecule has 1 aromatic carbocycles. The van der Waals surface area contributed by atoms with Gasteiger partial charge in [-0.25, -0.2) is 0 Å². The van der Waals surface area contributed by atoms with Gasteiger partial charge in [0.2, 0.25) is 0 Å². The maximum atomic E-state index is 5.86. The highest BCUT2D eigenvalue weighted by molar-refractivity contribution is 5.59. The molecule has 3 N–H and O–H groups in total. The Labute approximate surface area is 105 Å². The van der Waals surface area contributed by atoms with Gasteiger partial charge in [-0.05, 0) is 42.9 Å². The molecular weight excluding hydrogens is 208 g/mol. The Bertz CT molecular complexity index is 396. The number of hydrogen-bond donors (Lipinski definition) is 2. The average molecular weight is 232 g/mol. The number of nitrogen functional groups attached to an aromatic ring is 1. The molecule has 0 aromatic heterocycles. The van der Waals surface area contributed by atoms with Crippen LogP contribution in [0, 0.1) is 12.3 Å². The van der Waals surface area contributed by atoms with E-state index in [2.05, 4.69) is 38.2 Å². The maximum Gasteiger partial charge on any atom is 0.0392 e. The summed E-state index contributed by atoms with van der Waals surface area (Å²) in [6.07, 6.45) is 5.27. The molecule has 0 saturated heterocycles. The SMILES string of the molecule is Cc1ccc(N)cc1NC1CCCCC1(C)C. The molecule has 17 heavy (non-hydrogen) atoms. The predicted molar refractivity (Wildman–Crippen MR) is 75.3 cm³/mol. The van der Waals surface area contributed by atoms with E-state index in [1.165, 1.54) is 36.9 Å². The van der Waals surface area contributed by atoms with Gasteiger partial charge in [-0.15, -0.1) is 0 Å². The van der Waals surface area contributed by atoms with Crippen LogP contribution in [0.15, 0.2) is 18.2 Å². The molecule has 0 aliphatic heterocycles. The van der Waals surface area contributed by atoms with Crippen LogP contribution < -0.4 is 11.1 Å². The fourth-order valence-electron chi connectivity index (χ4n) is 2.74. The largest absolute Gasteiger partial charge is 0.399 e. The highest BCUT2D eigenvalue weighted by atomic mass is 14.9. The van der Waals surface area contributed by atoms with Crippen LogP contribution >= 0.6 is 0 Å². The van der Waals surface area contributed by atoms with Crippen LogP contribution in [0.1, 0.15) is 45.1 Å². The van der Waals surface area contributed by atoms with Gasteiger partial charge in [0.05, 0.1) is 0 Å². The summed E-state index contributed by atoms with van der Waals surface area (Å²) in [5.74, 6) is 0. The minimum Gasteiger partial charge on any atom is -0.399 e. The van der Waals surface area contributed by atoms with Gasteiger partial charge in [0.15, 0.2) is 0 Å². The molecule has 0 heterocycles. The highest BCUT2D eigenvalue weighted by Crippen LogP contribution is 2.37. The maximum absolute atomic E-state index is 5.86. The van der Waals surface area contributed by atoms with Crippen molar-refractivity contribution in [3.63, 3.8) is 0 Å². The van der Waals surface area contributed by atoms with E-state index in [-0.39, 0.29) is 0 Å². The summed E-state index contributed by atoms with van der Waals surface area (Å²) < 4.78 is 0. The van der Waals surface area contributed by atoms with Gasteiger partial charge in [0, 0.05) is 17.4 Å². The molecule has 1 aliphatic rings. The van der Waals surface area contributed by atoms with Crippen molar-refractivity contribution in [3.8, 4) is 0 Å². The Hall–Kier alpha value is -1.18. The molecule has 1 atom stereocenters. The fourth-order valence-corrected chi connectivity index (χ4v) is 2.74. The molecule has 0 radical (unpaired) electrons. The van der Waals surface area contributed by atoms with E-state index in [1.807, 2.05) is 6.07 Å². The molecule has 1 aliphatic carbocycles. The summed E-state index contributed by atoms with van der Waals surface area (Å²) in [6.45, 7) is 6.87. The van der Waals surface area contributed by atoms with Gasteiger partial charge in [0.1, 0.15) is 0 Å². The minimum absolute atomic E-state index is 0.384. The second-order valence-corrected chi connectivity index (χ2v) is 6.01. The summed E-state index contributed by atoms with van der Waals surface area (Å²) >= 11 is 0. The Morgan fingerprint density at radius 2 is 2.06 bits per heavy atom. The lowest BCUT2D eigenvalue weighted by molar-refractivity contribution is 0.217. The summed E-state index contributed by atoms with van der Waals surface area (Å²) in [4.78, 5) is 0. The first kappa shape index (κ1) is 12.3. The number of rotatable bonds is 2. The van der Waals surface area contributed by atoms with E-state index in [0.29, 0.717) is 11.5 Å². The van der Waals surface area contributed by atoms with E-state index >= 15 is 0 Å². The first-order valence-corrected chi connectivity index (χ1v) is 6.62. The number of aryl methyl sites for hydroxylation is 1. The highest BCUT2D eigenvalue weighted by Gasteiger charge is 2.32. The van der Waals surface area contributed by atoms with E-state index in [0.717, 1.165) is 5.69 Å². The zero-order valence-electron chi connectivity index (χ0n) is 11.2. The number of hydrogen-bond acceptors (Lipinski definition) is 2. The molecule has 1 aromatic rings. The first-order chi connectivity index (χ1) is 7.99. The Balaban J connectivity index is 2.16. The molecule has 0 spiro atoms. The van der Waals surface area contributed by atoms with Crippen LogP contribution in [-0.4, -0.2) is 6.04 Å². The van der Waals surface area contributed by atoms with Gasteiger partial charge in [-0.2, -0.15) is 0 Å². The normalized spacial score (nSPS) is 23.4. The van der Waals surface area contributed by atoms with E-state index < -0.39 is 0 Å². The molecule has 2 rings (SSSR count). The van der Waals surface area contributed by atoms with Crippen LogP contribution in [0.3, 0.4) is 0 Å². The van der Waals surface area contributed by atoms with E-state index in [4.69, 9.17) is 5.73 Å². The molecular formula is C15H24N2. The molecule has 1 unspecified atom stereocenters. The van der Waals surface area contributed by atoms with Gasteiger partial charge < -0.3 is 11.1 Å². The number of nitrogens with one attached hydrogen (secondary N) is 1. The van der Waals surface area contributed by atoms with Crippen molar-refractivity contribution in [2.75, 3.05) is 11.1 Å². The quantitative estimate of drug-likeness (QED) is 0.757. The van der Waals surface area contributed by atoms with Crippen molar-refractivity contribution in [1.29, 1.82) is 0 Å². The van der Waals surface area contributed by atoms with Crippen LogP contribution in [0.4, 0.5) is 11.4 Å². The van der Waals surface area contributed by atoms with Crippen molar-refractivity contribution in [1.82, 2.24) is 0 Å². The Morgan fingerprint density at radius 1 is 1.29 bits per heavy atom. The molecule has 94 valence electrons. The monoisotopic (exact) mass is 232 g/mol. The number of benzene rings is 1. The Kier molecular flexibility index (Phi) is 3.32.